The molecule has 21 heavy (non-hydrogen) atoms. The number of rotatable bonds is 4. The first-order valence-electron chi connectivity index (χ1n) is 8.13. The van der Waals surface area contributed by atoms with Crippen molar-refractivity contribution in [2.45, 2.75) is 25.8 Å². The van der Waals surface area contributed by atoms with Crippen LogP contribution in [-0.2, 0) is 0 Å². The van der Waals surface area contributed by atoms with Crippen molar-refractivity contribution in [2.24, 2.45) is 5.92 Å². The summed E-state index contributed by atoms with van der Waals surface area (Å²) in [5.74, 6) is 0.837. The molecule has 1 atom stereocenters. The third-order valence-electron chi connectivity index (χ3n) is 4.82. The zero-order valence-electron chi connectivity index (χ0n) is 13.2. The molecule has 0 spiro atoms. The molecule has 0 saturated carbocycles. The first-order valence-corrected chi connectivity index (χ1v) is 8.13. The summed E-state index contributed by atoms with van der Waals surface area (Å²) >= 11 is 0. The van der Waals surface area contributed by atoms with Crippen LogP contribution in [0.1, 0.15) is 31.4 Å². The molecular formula is C19H26N2. The summed E-state index contributed by atoms with van der Waals surface area (Å²) < 4.78 is 0. The highest BCUT2D eigenvalue weighted by Crippen LogP contribution is 2.21. The van der Waals surface area contributed by atoms with Crippen molar-refractivity contribution in [2.75, 3.05) is 26.7 Å². The van der Waals surface area contributed by atoms with E-state index >= 15 is 0 Å². The number of nitrogens with zero attached hydrogens (tertiary/aromatic N) is 1. The molecule has 2 nitrogen and oxygen atoms in total. The molecule has 2 heteroatoms. The predicted octanol–water partition coefficient (Wildman–Crippen LogP) is 3.83. The molecule has 3 rings (SSSR count). The van der Waals surface area contributed by atoms with Crippen LogP contribution in [-0.4, -0.2) is 31.6 Å². The maximum atomic E-state index is 3.73. The minimum absolute atomic E-state index is 0.425. The molecule has 0 amide bonds. The van der Waals surface area contributed by atoms with Gasteiger partial charge >= 0.3 is 0 Å². The van der Waals surface area contributed by atoms with Gasteiger partial charge in [-0.2, -0.15) is 0 Å². The van der Waals surface area contributed by atoms with Gasteiger partial charge in [0.25, 0.3) is 0 Å². The molecule has 1 aliphatic heterocycles. The fraction of sp³-hybridized carbons (Fsp3) is 0.474. The van der Waals surface area contributed by atoms with Gasteiger partial charge in [0, 0.05) is 6.04 Å². The van der Waals surface area contributed by atoms with Crippen molar-refractivity contribution < 1.29 is 0 Å². The highest BCUT2D eigenvalue weighted by atomic mass is 15.1. The topological polar surface area (TPSA) is 15.3 Å². The molecule has 1 fully saturated rings. The Balaban J connectivity index is 1.60. The largest absolute Gasteiger partial charge is 0.310 e. The van der Waals surface area contributed by atoms with E-state index in [1.807, 2.05) is 0 Å². The van der Waals surface area contributed by atoms with Crippen molar-refractivity contribution >= 4 is 10.8 Å². The lowest BCUT2D eigenvalue weighted by Gasteiger charge is -2.30. The lowest BCUT2D eigenvalue weighted by Crippen LogP contribution is -2.35. The number of fused-ring (bicyclic) bond motifs is 1. The third kappa shape index (κ3) is 3.63. The summed E-state index contributed by atoms with van der Waals surface area (Å²) in [6.07, 6.45) is 2.65. The number of likely N-dealkylation sites (tertiary alicyclic amines) is 1. The molecule has 2 aromatic carbocycles. The van der Waals surface area contributed by atoms with Gasteiger partial charge in [-0.15, -0.1) is 0 Å². The highest BCUT2D eigenvalue weighted by molar-refractivity contribution is 5.83. The second-order valence-corrected chi connectivity index (χ2v) is 6.48. The Hall–Kier alpha value is -1.38. The van der Waals surface area contributed by atoms with Crippen LogP contribution in [0.25, 0.3) is 10.8 Å². The zero-order valence-corrected chi connectivity index (χ0v) is 13.2. The lowest BCUT2D eigenvalue weighted by atomic mass is 9.96. The van der Waals surface area contributed by atoms with Gasteiger partial charge in [-0.25, -0.2) is 0 Å². The average Bonchev–Trinajstić information content (AvgIpc) is 2.53. The molecule has 0 bridgehead atoms. The summed E-state index contributed by atoms with van der Waals surface area (Å²) in [5, 5.41) is 6.39. The summed E-state index contributed by atoms with van der Waals surface area (Å²) in [7, 11) is 2.22. The molecule has 1 saturated heterocycles. The van der Waals surface area contributed by atoms with Crippen molar-refractivity contribution in [3.63, 3.8) is 0 Å². The van der Waals surface area contributed by atoms with Crippen LogP contribution in [0, 0.1) is 5.92 Å². The van der Waals surface area contributed by atoms with Crippen LogP contribution in [0.2, 0.25) is 0 Å². The molecule has 1 heterocycles. The molecule has 2 aromatic rings. The SMILES string of the molecule is CC(NCC1CCN(C)CC1)c1ccc2ccccc2c1. The maximum Gasteiger partial charge on any atom is 0.0292 e. The fourth-order valence-electron chi connectivity index (χ4n) is 3.20. The molecule has 1 N–H and O–H groups in total. The van der Waals surface area contributed by atoms with E-state index in [1.165, 1.54) is 42.3 Å². The Morgan fingerprint density at radius 2 is 1.81 bits per heavy atom. The van der Waals surface area contributed by atoms with Gasteiger partial charge in [0.15, 0.2) is 0 Å². The van der Waals surface area contributed by atoms with Crippen molar-refractivity contribution in [1.29, 1.82) is 0 Å². The van der Waals surface area contributed by atoms with Gasteiger partial charge in [0.1, 0.15) is 0 Å². The van der Waals surface area contributed by atoms with Crippen LogP contribution >= 0.6 is 0 Å². The summed E-state index contributed by atoms with van der Waals surface area (Å²) in [4.78, 5) is 2.43. The molecule has 0 aromatic heterocycles. The minimum atomic E-state index is 0.425. The molecule has 0 radical (unpaired) electrons. The highest BCUT2D eigenvalue weighted by Gasteiger charge is 2.17. The summed E-state index contributed by atoms with van der Waals surface area (Å²) in [6, 6.07) is 15.8. The minimum Gasteiger partial charge on any atom is -0.310 e. The Morgan fingerprint density at radius 1 is 1.10 bits per heavy atom. The van der Waals surface area contributed by atoms with E-state index in [4.69, 9.17) is 0 Å². The molecule has 1 aliphatic rings. The Bertz CT molecular complexity index is 585. The number of nitrogens with one attached hydrogen (secondary N) is 1. The van der Waals surface area contributed by atoms with E-state index in [0.29, 0.717) is 6.04 Å². The van der Waals surface area contributed by atoms with Gasteiger partial charge in [-0.3, -0.25) is 0 Å². The van der Waals surface area contributed by atoms with Gasteiger partial charge in [0.05, 0.1) is 0 Å². The van der Waals surface area contributed by atoms with Crippen LogP contribution in [0.4, 0.5) is 0 Å². The smallest absolute Gasteiger partial charge is 0.0292 e. The van der Waals surface area contributed by atoms with Crippen molar-refractivity contribution in [3.05, 3.63) is 48.0 Å². The fourth-order valence-corrected chi connectivity index (χ4v) is 3.20. The van der Waals surface area contributed by atoms with Crippen molar-refractivity contribution in [1.82, 2.24) is 10.2 Å². The van der Waals surface area contributed by atoms with Crippen molar-refractivity contribution in [3.8, 4) is 0 Å². The first kappa shape index (κ1) is 14.6. The quantitative estimate of drug-likeness (QED) is 0.917. The van der Waals surface area contributed by atoms with Gasteiger partial charge < -0.3 is 10.2 Å². The number of hydrogen-bond donors (Lipinski definition) is 1. The van der Waals surface area contributed by atoms with E-state index in [1.54, 1.807) is 0 Å². The number of hydrogen-bond acceptors (Lipinski definition) is 2. The van der Waals surface area contributed by atoms with Gasteiger partial charge in [-0.1, -0.05) is 36.4 Å². The number of piperidine rings is 1. The van der Waals surface area contributed by atoms with E-state index in [0.717, 1.165) is 12.5 Å². The monoisotopic (exact) mass is 282 g/mol. The predicted molar refractivity (Wildman–Crippen MR) is 90.6 cm³/mol. The summed E-state index contributed by atoms with van der Waals surface area (Å²) in [5.41, 5.74) is 1.39. The van der Waals surface area contributed by atoms with Gasteiger partial charge in [-0.05, 0) is 74.8 Å². The Kier molecular flexibility index (Phi) is 4.57. The second kappa shape index (κ2) is 6.59. The van der Waals surface area contributed by atoms with E-state index in [-0.39, 0.29) is 0 Å². The molecule has 1 unspecified atom stereocenters. The van der Waals surface area contributed by atoms with Gasteiger partial charge in [0.2, 0.25) is 0 Å². The molecular weight excluding hydrogens is 256 g/mol. The second-order valence-electron chi connectivity index (χ2n) is 6.48. The lowest BCUT2D eigenvalue weighted by molar-refractivity contribution is 0.213. The van der Waals surface area contributed by atoms with Crippen LogP contribution < -0.4 is 5.32 Å². The average molecular weight is 282 g/mol. The van der Waals surface area contributed by atoms with E-state index in [2.05, 4.69) is 66.7 Å². The van der Waals surface area contributed by atoms with Crippen LogP contribution in [0.5, 0.6) is 0 Å². The Labute approximate surface area is 128 Å². The van der Waals surface area contributed by atoms with E-state index < -0.39 is 0 Å². The number of benzene rings is 2. The van der Waals surface area contributed by atoms with Crippen LogP contribution in [0.3, 0.4) is 0 Å². The maximum absolute atomic E-state index is 3.73. The third-order valence-corrected chi connectivity index (χ3v) is 4.82. The zero-order chi connectivity index (χ0) is 14.7. The normalized spacial score (nSPS) is 19.0. The van der Waals surface area contributed by atoms with E-state index in [9.17, 15) is 0 Å². The standard InChI is InChI=1S/C19H26N2/c1-15(20-14-16-9-11-21(2)12-10-16)18-8-7-17-5-3-4-6-19(17)13-18/h3-8,13,15-16,20H,9-12,14H2,1-2H3. The molecule has 0 aliphatic carbocycles. The Morgan fingerprint density at radius 3 is 2.57 bits per heavy atom. The van der Waals surface area contributed by atoms with Crippen LogP contribution in [0.15, 0.2) is 42.5 Å². The first-order chi connectivity index (χ1) is 10.2. The summed E-state index contributed by atoms with van der Waals surface area (Å²) in [6.45, 7) is 5.91. The molecule has 112 valence electrons.